The highest BCUT2D eigenvalue weighted by Crippen LogP contribution is 2.30. The molecule has 0 aliphatic heterocycles. The van der Waals surface area contributed by atoms with E-state index in [0.717, 1.165) is 22.3 Å². The Morgan fingerprint density at radius 1 is 0.812 bits per heavy atom. The van der Waals surface area contributed by atoms with Crippen LogP contribution in [-0.2, 0) is 0 Å². The number of hydrogen-bond donors (Lipinski definition) is 2. The van der Waals surface area contributed by atoms with E-state index in [1.165, 1.54) is 0 Å². The van der Waals surface area contributed by atoms with Crippen molar-refractivity contribution in [3.05, 3.63) is 47.5 Å². The molecule has 2 N–H and O–H groups in total. The minimum atomic E-state index is 0.248. The van der Waals surface area contributed by atoms with Crippen molar-refractivity contribution in [1.82, 2.24) is 0 Å². The zero-order chi connectivity index (χ0) is 11.7. The molecular weight excluding hydrogens is 200 g/mol. The molecule has 2 aromatic rings. The SMILES string of the molecule is Cc1cc(C)c(-c2ccc(O)cc2)cc1O. The minimum Gasteiger partial charge on any atom is -0.508 e. The maximum atomic E-state index is 9.69. The van der Waals surface area contributed by atoms with Gasteiger partial charge in [0, 0.05) is 0 Å². The topological polar surface area (TPSA) is 40.5 Å². The molecule has 0 aliphatic carbocycles. The lowest BCUT2D eigenvalue weighted by molar-refractivity contribution is 0.471. The van der Waals surface area contributed by atoms with Crippen molar-refractivity contribution in [1.29, 1.82) is 0 Å². The zero-order valence-electron chi connectivity index (χ0n) is 9.36. The first kappa shape index (κ1) is 10.6. The number of rotatable bonds is 1. The molecule has 0 aliphatic rings. The molecule has 0 saturated carbocycles. The van der Waals surface area contributed by atoms with Crippen molar-refractivity contribution in [2.24, 2.45) is 0 Å². The van der Waals surface area contributed by atoms with Crippen molar-refractivity contribution in [3.63, 3.8) is 0 Å². The fourth-order valence-electron chi connectivity index (χ4n) is 1.79. The van der Waals surface area contributed by atoms with E-state index in [2.05, 4.69) is 0 Å². The quantitative estimate of drug-likeness (QED) is 0.764. The number of phenolic OH excluding ortho intramolecular Hbond substituents is 2. The molecule has 2 rings (SSSR count). The molecule has 0 saturated heterocycles. The molecule has 0 aromatic heterocycles. The molecule has 0 atom stereocenters. The highest BCUT2D eigenvalue weighted by atomic mass is 16.3. The summed E-state index contributed by atoms with van der Waals surface area (Å²) in [5, 5.41) is 18.9. The number of benzene rings is 2. The summed E-state index contributed by atoms with van der Waals surface area (Å²) in [7, 11) is 0. The second-order valence-electron chi connectivity index (χ2n) is 4.00. The third-order valence-corrected chi connectivity index (χ3v) is 2.72. The smallest absolute Gasteiger partial charge is 0.119 e. The Kier molecular flexibility index (Phi) is 2.57. The third kappa shape index (κ3) is 1.87. The monoisotopic (exact) mass is 214 g/mol. The lowest BCUT2D eigenvalue weighted by Crippen LogP contribution is -1.85. The third-order valence-electron chi connectivity index (χ3n) is 2.72. The lowest BCUT2D eigenvalue weighted by Gasteiger charge is -2.09. The highest BCUT2D eigenvalue weighted by molar-refractivity contribution is 5.70. The lowest BCUT2D eigenvalue weighted by atomic mass is 9.98. The fraction of sp³-hybridized carbons (Fsp3) is 0.143. The Morgan fingerprint density at radius 3 is 2.06 bits per heavy atom. The van der Waals surface area contributed by atoms with E-state index in [-0.39, 0.29) is 5.75 Å². The first-order valence-electron chi connectivity index (χ1n) is 5.17. The van der Waals surface area contributed by atoms with Gasteiger partial charge in [0.1, 0.15) is 11.5 Å². The van der Waals surface area contributed by atoms with E-state index in [1.807, 2.05) is 32.0 Å². The van der Waals surface area contributed by atoms with Crippen LogP contribution in [0.25, 0.3) is 11.1 Å². The van der Waals surface area contributed by atoms with Gasteiger partial charge in [-0.2, -0.15) is 0 Å². The van der Waals surface area contributed by atoms with Gasteiger partial charge >= 0.3 is 0 Å². The van der Waals surface area contributed by atoms with Gasteiger partial charge in [0.2, 0.25) is 0 Å². The molecule has 0 spiro atoms. The normalized spacial score (nSPS) is 10.4. The maximum absolute atomic E-state index is 9.69. The first-order chi connectivity index (χ1) is 7.58. The number of phenols is 2. The summed E-state index contributed by atoms with van der Waals surface area (Å²) in [6.45, 7) is 3.89. The van der Waals surface area contributed by atoms with Crippen molar-refractivity contribution >= 4 is 0 Å². The van der Waals surface area contributed by atoms with Crippen LogP contribution in [0, 0.1) is 13.8 Å². The molecular formula is C14H14O2. The van der Waals surface area contributed by atoms with Crippen LogP contribution in [-0.4, -0.2) is 10.2 Å². The van der Waals surface area contributed by atoms with E-state index in [9.17, 15) is 10.2 Å². The van der Waals surface area contributed by atoms with Crippen molar-refractivity contribution in [2.45, 2.75) is 13.8 Å². The Morgan fingerprint density at radius 2 is 1.44 bits per heavy atom. The molecule has 2 nitrogen and oxygen atoms in total. The van der Waals surface area contributed by atoms with Crippen LogP contribution in [0.5, 0.6) is 11.5 Å². The van der Waals surface area contributed by atoms with Gasteiger partial charge in [0.15, 0.2) is 0 Å². The van der Waals surface area contributed by atoms with Gasteiger partial charge in [-0.1, -0.05) is 18.2 Å². The number of aromatic hydroxyl groups is 2. The molecule has 16 heavy (non-hydrogen) atoms. The van der Waals surface area contributed by atoms with Crippen LogP contribution in [0.2, 0.25) is 0 Å². The van der Waals surface area contributed by atoms with E-state index < -0.39 is 0 Å². The van der Waals surface area contributed by atoms with Crippen LogP contribution in [0.3, 0.4) is 0 Å². The average Bonchev–Trinajstić information content (AvgIpc) is 2.25. The Balaban J connectivity index is 2.56. The summed E-state index contributed by atoms with van der Waals surface area (Å²) >= 11 is 0. The second-order valence-corrected chi connectivity index (χ2v) is 4.00. The number of aryl methyl sites for hydroxylation is 2. The van der Waals surface area contributed by atoms with Crippen molar-refractivity contribution < 1.29 is 10.2 Å². The predicted octanol–water partition coefficient (Wildman–Crippen LogP) is 3.38. The Hall–Kier alpha value is -1.96. The van der Waals surface area contributed by atoms with Gasteiger partial charge in [-0.3, -0.25) is 0 Å². The van der Waals surface area contributed by atoms with Crippen LogP contribution < -0.4 is 0 Å². The van der Waals surface area contributed by atoms with Gasteiger partial charge in [-0.05, 0) is 54.3 Å². The Bertz CT molecular complexity index is 513. The summed E-state index contributed by atoms with van der Waals surface area (Å²) in [4.78, 5) is 0. The van der Waals surface area contributed by atoms with Crippen LogP contribution >= 0.6 is 0 Å². The molecule has 2 aromatic carbocycles. The van der Waals surface area contributed by atoms with Gasteiger partial charge in [0.05, 0.1) is 0 Å². The van der Waals surface area contributed by atoms with Crippen molar-refractivity contribution in [2.75, 3.05) is 0 Å². The van der Waals surface area contributed by atoms with Crippen LogP contribution in [0.1, 0.15) is 11.1 Å². The largest absolute Gasteiger partial charge is 0.508 e. The van der Waals surface area contributed by atoms with Gasteiger partial charge in [-0.25, -0.2) is 0 Å². The van der Waals surface area contributed by atoms with Gasteiger partial charge in [0.25, 0.3) is 0 Å². The minimum absolute atomic E-state index is 0.248. The second kappa shape index (κ2) is 3.89. The van der Waals surface area contributed by atoms with E-state index >= 15 is 0 Å². The standard InChI is InChI=1S/C14H14O2/c1-9-7-10(2)14(16)8-13(9)11-3-5-12(15)6-4-11/h3-8,15-16H,1-2H3. The summed E-state index contributed by atoms with van der Waals surface area (Å²) in [5.41, 5.74) is 3.97. The van der Waals surface area contributed by atoms with E-state index in [0.29, 0.717) is 5.75 Å². The number of hydrogen-bond acceptors (Lipinski definition) is 2. The summed E-state index contributed by atoms with van der Waals surface area (Å²) < 4.78 is 0. The molecule has 0 heterocycles. The van der Waals surface area contributed by atoms with Crippen molar-refractivity contribution in [3.8, 4) is 22.6 Å². The molecule has 0 bridgehead atoms. The van der Waals surface area contributed by atoms with Crippen LogP contribution in [0.15, 0.2) is 36.4 Å². The fourth-order valence-corrected chi connectivity index (χ4v) is 1.79. The summed E-state index contributed by atoms with van der Waals surface area (Å²) in [6.07, 6.45) is 0. The zero-order valence-corrected chi connectivity index (χ0v) is 9.36. The first-order valence-corrected chi connectivity index (χ1v) is 5.17. The van der Waals surface area contributed by atoms with E-state index in [4.69, 9.17) is 0 Å². The van der Waals surface area contributed by atoms with Crippen LogP contribution in [0.4, 0.5) is 0 Å². The molecule has 0 fully saturated rings. The Labute approximate surface area is 94.8 Å². The molecule has 82 valence electrons. The van der Waals surface area contributed by atoms with Gasteiger partial charge < -0.3 is 10.2 Å². The summed E-state index contributed by atoms with van der Waals surface area (Å²) in [5.74, 6) is 0.548. The molecule has 2 heteroatoms. The maximum Gasteiger partial charge on any atom is 0.119 e. The van der Waals surface area contributed by atoms with Gasteiger partial charge in [-0.15, -0.1) is 0 Å². The highest BCUT2D eigenvalue weighted by Gasteiger charge is 2.05. The van der Waals surface area contributed by atoms with E-state index in [1.54, 1.807) is 18.2 Å². The summed E-state index contributed by atoms with van der Waals surface area (Å²) in [6, 6.07) is 10.7. The molecule has 0 amide bonds. The molecule has 0 radical (unpaired) electrons. The predicted molar refractivity (Wildman–Crippen MR) is 64.7 cm³/mol. The molecule has 0 unspecified atom stereocenters. The average molecular weight is 214 g/mol.